The van der Waals surface area contributed by atoms with Gasteiger partial charge in [-0.3, -0.25) is 9.69 Å². The number of ether oxygens (including phenoxy) is 1. The summed E-state index contributed by atoms with van der Waals surface area (Å²) < 4.78 is 6.30. The number of nitrogens with zero attached hydrogens (tertiary/aromatic N) is 2. The van der Waals surface area contributed by atoms with Crippen molar-refractivity contribution in [2.24, 2.45) is 0 Å². The average Bonchev–Trinajstić information content (AvgIpc) is 3.03. The number of hydrogen-bond acceptors (Lipinski definition) is 6. The summed E-state index contributed by atoms with van der Waals surface area (Å²) in [6, 6.07) is 14.7. The molecule has 0 aliphatic heterocycles. The third-order valence-electron chi connectivity index (χ3n) is 3.90. The molecule has 3 rings (SSSR count). The molecule has 146 valence electrons. The van der Waals surface area contributed by atoms with Gasteiger partial charge in [0, 0.05) is 5.69 Å². The molecule has 3 aromatic rings. The summed E-state index contributed by atoms with van der Waals surface area (Å²) in [7, 11) is 1.89. The van der Waals surface area contributed by atoms with Gasteiger partial charge in [-0.1, -0.05) is 12.1 Å². The van der Waals surface area contributed by atoms with Gasteiger partial charge in [-0.2, -0.15) is 0 Å². The van der Waals surface area contributed by atoms with Gasteiger partial charge < -0.3 is 10.1 Å². The van der Waals surface area contributed by atoms with Crippen molar-refractivity contribution in [1.29, 1.82) is 0 Å². The second-order valence-corrected chi connectivity index (χ2v) is 7.94. The van der Waals surface area contributed by atoms with Crippen LogP contribution >= 0.6 is 11.3 Å². The Morgan fingerprint density at radius 2 is 1.86 bits per heavy atom. The quantitative estimate of drug-likeness (QED) is 0.612. The van der Waals surface area contributed by atoms with Crippen LogP contribution in [0.5, 0.6) is 0 Å². The van der Waals surface area contributed by atoms with Gasteiger partial charge in [-0.15, -0.1) is 11.3 Å². The molecule has 0 saturated heterocycles. The first kappa shape index (κ1) is 20.0. The summed E-state index contributed by atoms with van der Waals surface area (Å²) in [5, 5.41) is 3.82. The van der Waals surface area contributed by atoms with Crippen LogP contribution in [0.15, 0.2) is 48.5 Å². The number of aromatic nitrogens is 1. The lowest BCUT2D eigenvalue weighted by Crippen LogP contribution is -2.29. The zero-order valence-electron chi connectivity index (χ0n) is 16.1. The predicted octanol–water partition coefficient (Wildman–Crippen LogP) is 3.93. The van der Waals surface area contributed by atoms with E-state index < -0.39 is 0 Å². The number of amides is 1. The number of carbonyl (C=O) groups is 2. The largest absolute Gasteiger partial charge is 0.459 e. The number of hydrogen-bond donors (Lipinski definition) is 1. The summed E-state index contributed by atoms with van der Waals surface area (Å²) in [5.74, 6) is -0.496. The number of likely N-dealkylation sites (N-methyl/N-ethyl adjacent to an activating group) is 1. The van der Waals surface area contributed by atoms with Crippen LogP contribution in [-0.2, 0) is 16.1 Å². The molecule has 2 aromatic carbocycles. The maximum Gasteiger partial charge on any atom is 0.338 e. The van der Waals surface area contributed by atoms with E-state index in [-0.39, 0.29) is 24.5 Å². The van der Waals surface area contributed by atoms with Crippen molar-refractivity contribution in [3.05, 3.63) is 59.1 Å². The molecule has 6 nitrogen and oxygen atoms in total. The second kappa shape index (κ2) is 8.95. The Balaban J connectivity index is 1.52. The molecule has 0 spiro atoms. The van der Waals surface area contributed by atoms with E-state index in [1.807, 2.05) is 36.2 Å². The zero-order valence-corrected chi connectivity index (χ0v) is 17.0. The number of fused-ring (bicyclic) bond motifs is 1. The van der Waals surface area contributed by atoms with E-state index in [9.17, 15) is 9.59 Å². The highest BCUT2D eigenvalue weighted by atomic mass is 32.1. The van der Waals surface area contributed by atoms with Gasteiger partial charge >= 0.3 is 5.97 Å². The maximum absolute atomic E-state index is 12.3. The molecule has 1 N–H and O–H groups in total. The lowest BCUT2D eigenvalue weighted by molar-refractivity contribution is -0.117. The van der Waals surface area contributed by atoms with Crippen molar-refractivity contribution in [2.45, 2.75) is 26.5 Å². The first-order valence-electron chi connectivity index (χ1n) is 9.04. The molecule has 1 aromatic heterocycles. The highest BCUT2D eigenvalue weighted by Gasteiger charge is 2.12. The highest BCUT2D eigenvalue weighted by molar-refractivity contribution is 7.18. The summed E-state index contributed by atoms with van der Waals surface area (Å²) in [6.07, 6.45) is -0.169. The topological polar surface area (TPSA) is 71.5 Å². The molecule has 0 bridgehead atoms. The molecule has 0 atom stereocenters. The molecular weight excluding hydrogens is 374 g/mol. The van der Waals surface area contributed by atoms with Gasteiger partial charge in [0.1, 0.15) is 5.01 Å². The second-order valence-electron chi connectivity index (χ2n) is 6.83. The van der Waals surface area contributed by atoms with Crippen molar-refractivity contribution < 1.29 is 14.3 Å². The normalized spacial score (nSPS) is 11.2. The number of carbonyl (C=O) groups excluding carboxylic acids is 2. The van der Waals surface area contributed by atoms with E-state index in [0.29, 0.717) is 17.8 Å². The Morgan fingerprint density at radius 3 is 2.54 bits per heavy atom. The van der Waals surface area contributed by atoms with Crippen LogP contribution in [0.25, 0.3) is 10.2 Å². The van der Waals surface area contributed by atoms with Crippen molar-refractivity contribution in [1.82, 2.24) is 9.88 Å². The summed E-state index contributed by atoms with van der Waals surface area (Å²) in [5.41, 5.74) is 2.08. The van der Waals surface area contributed by atoms with Gasteiger partial charge in [-0.25, -0.2) is 9.78 Å². The molecular formula is C21H23N3O3S. The van der Waals surface area contributed by atoms with Gasteiger partial charge in [0.25, 0.3) is 0 Å². The summed E-state index contributed by atoms with van der Waals surface area (Å²) in [6.45, 7) is 4.45. The van der Waals surface area contributed by atoms with Crippen LogP contribution in [0.4, 0.5) is 5.69 Å². The molecule has 0 fully saturated rings. The van der Waals surface area contributed by atoms with Gasteiger partial charge in [0.15, 0.2) is 0 Å². The van der Waals surface area contributed by atoms with Crippen molar-refractivity contribution in [3.8, 4) is 0 Å². The molecule has 0 saturated carbocycles. The Hall–Kier alpha value is -2.77. The Kier molecular flexibility index (Phi) is 6.38. The average molecular weight is 398 g/mol. The van der Waals surface area contributed by atoms with Crippen LogP contribution in [0.1, 0.15) is 29.2 Å². The van der Waals surface area contributed by atoms with Crippen LogP contribution in [0.3, 0.4) is 0 Å². The van der Waals surface area contributed by atoms with E-state index in [2.05, 4.69) is 10.3 Å². The fourth-order valence-corrected chi connectivity index (χ4v) is 3.74. The van der Waals surface area contributed by atoms with Crippen LogP contribution < -0.4 is 5.32 Å². The van der Waals surface area contributed by atoms with E-state index >= 15 is 0 Å². The summed E-state index contributed by atoms with van der Waals surface area (Å²) >= 11 is 1.64. The number of nitrogens with one attached hydrogen (secondary N) is 1. The minimum atomic E-state index is -0.372. The van der Waals surface area contributed by atoms with Crippen molar-refractivity contribution in [2.75, 3.05) is 18.9 Å². The lowest BCUT2D eigenvalue weighted by Gasteiger charge is -2.15. The Morgan fingerprint density at radius 1 is 1.14 bits per heavy atom. The maximum atomic E-state index is 12.3. The number of para-hydroxylation sites is 1. The molecule has 0 unspecified atom stereocenters. The van der Waals surface area contributed by atoms with Crippen molar-refractivity contribution in [3.63, 3.8) is 0 Å². The van der Waals surface area contributed by atoms with E-state index in [0.717, 1.165) is 15.2 Å². The molecule has 0 aliphatic carbocycles. The Bertz CT molecular complexity index is 933. The van der Waals surface area contributed by atoms with E-state index in [1.165, 1.54) is 0 Å². The predicted molar refractivity (Wildman–Crippen MR) is 112 cm³/mol. The molecule has 28 heavy (non-hydrogen) atoms. The van der Waals surface area contributed by atoms with Crippen LogP contribution in [0.2, 0.25) is 0 Å². The van der Waals surface area contributed by atoms with Gasteiger partial charge in [0.05, 0.1) is 35.0 Å². The van der Waals surface area contributed by atoms with E-state index in [4.69, 9.17) is 4.74 Å². The molecule has 1 amide bonds. The molecule has 0 aliphatic rings. The highest BCUT2D eigenvalue weighted by Crippen LogP contribution is 2.22. The zero-order chi connectivity index (χ0) is 20.1. The SMILES string of the molecule is CC(C)OC(=O)c1ccc(NC(=O)CN(C)Cc2nc3ccccc3s2)cc1. The molecule has 1 heterocycles. The molecule has 0 radical (unpaired) electrons. The number of benzene rings is 2. The standard InChI is InChI=1S/C21H23N3O3S/c1-14(2)27-21(26)15-8-10-16(11-9-15)22-19(25)12-24(3)13-20-23-17-6-4-5-7-18(17)28-20/h4-11,14H,12-13H2,1-3H3,(H,22,25). The van der Waals surface area contributed by atoms with Crippen LogP contribution in [0, 0.1) is 0 Å². The number of rotatable bonds is 7. The number of esters is 1. The fraction of sp³-hybridized carbons (Fsp3) is 0.286. The van der Waals surface area contributed by atoms with Crippen molar-refractivity contribution >= 4 is 39.1 Å². The molecule has 7 heteroatoms. The van der Waals surface area contributed by atoms with Gasteiger partial charge in [-0.05, 0) is 57.3 Å². The monoisotopic (exact) mass is 397 g/mol. The van der Waals surface area contributed by atoms with Gasteiger partial charge in [0.2, 0.25) is 5.91 Å². The van der Waals surface area contributed by atoms with Crippen LogP contribution in [-0.4, -0.2) is 41.5 Å². The third kappa shape index (κ3) is 5.37. The van der Waals surface area contributed by atoms with E-state index in [1.54, 1.807) is 49.4 Å². The lowest BCUT2D eigenvalue weighted by atomic mass is 10.2. The first-order valence-corrected chi connectivity index (χ1v) is 9.86. The summed E-state index contributed by atoms with van der Waals surface area (Å²) in [4.78, 5) is 30.6. The number of thiazole rings is 1. The minimum Gasteiger partial charge on any atom is -0.459 e. The Labute approximate surface area is 168 Å². The smallest absolute Gasteiger partial charge is 0.338 e. The third-order valence-corrected chi connectivity index (χ3v) is 4.93. The first-order chi connectivity index (χ1) is 13.4. The minimum absolute atomic E-state index is 0.124. The fourth-order valence-electron chi connectivity index (χ4n) is 2.69. The number of anilines is 1.